The van der Waals surface area contributed by atoms with Gasteiger partial charge in [0.2, 0.25) is 0 Å². The van der Waals surface area contributed by atoms with Gasteiger partial charge in [-0.15, -0.1) is 0 Å². The summed E-state index contributed by atoms with van der Waals surface area (Å²) in [5.41, 5.74) is 8.57. The highest BCUT2D eigenvalue weighted by Crippen LogP contribution is 2.30. The van der Waals surface area contributed by atoms with Gasteiger partial charge in [0.05, 0.1) is 0 Å². The molecule has 0 bridgehead atoms. The third-order valence-electron chi connectivity index (χ3n) is 3.30. The molecule has 2 N–H and O–H groups in total. The first-order valence-corrected chi connectivity index (χ1v) is 6.81. The van der Waals surface area contributed by atoms with Crippen LogP contribution in [0.5, 0.6) is 0 Å². The maximum atomic E-state index is 13.2. The highest BCUT2D eigenvalue weighted by atomic mass is 19.3. The predicted octanol–water partition coefficient (Wildman–Crippen LogP) is 4.28. The van der Waals surface area contributed by atoms with E-state index in [0.717, 1.165) is 30.4 Å². The van der Waals surface area contributed by atoms with Crippen LogP contribution in [-0.2, 0) is 6.42 Å². The molecule has 0 spiro atoms. The van der Waals surface area contributed by atoms with Crippen LogP contribution in [0.2, 0.25) is 0 Å². The van der Waals surface area contributed by atoms with Crippen molar-refractivity contribution in [1.82, 2.24) is 0 Å². The molecule has 2 nitrogen and oxygen atoms in total. The zero-order valence-corrected chi connectivity index (χ0v) is 12.3. The fourth-order valence-electron chi connectivity index (χ4n) is 2.18. The molecule has 0 fully saturated rings. The fraction of sp³-hybridized carbons (Fsp3) is 0.438. The van der Waals surface area contributed by atoms with Crippen LogP contribution in [0.1, 0.15) is 48.4 Å². The largest absolute Gasteiger partial charge is 0.404 e. The van der Waals surface area contributed by atoms with Gasteiger partial charge < -0.3 is 5.73 Å². The van der Waals surface area contributed by atoms with Crippen molar-refractivity contribution in [1.29, 1.82) is 0 Å². The van der Waals surface area contributed by atoms with E-state index in [4.69, 9.17) is 5.73 Å². The van der Waals surface area contributed by atoms with E-state index in [1.54, 1.807) is 13.1 Å². The molecule has 0 aliphatic heterocycles. The van der Waals surface area contributed by atoms with Gasteiger partial charge in [-0.05, 0) is 42.5 Å². The second-order valence-electron chi connectivity index (χ2n) is 4.78. The number of nitrogens with zero attached hydrogens (tertiary/aromatic N) is 1. The highest BCUT2D eigenvalue weighted by molar-refractivity contribution is 6.10. The monoisotopic (exact) mass is 280 g/mol. The van der Waals surface area contributed by atoms with Crippen molar-refractivity contribution in [2.75, 3.05) is 7.05 Å². The van der Waals surface area contributed by atoms with Gasteiger partial charge in [-0.1, -0.05) is 19.4 Å². The number of unbranched alkanes of at least 4 members (excludes halogenated alkanes) is 1. The lowest BCUT2D eigenvalue weighted by Gasteiger charge is -2.14. The van der Waals surface area contributed by atoms with Crippen LogP contribution < -0.4 is 5.73 Å². The molecule has 0 atom stereocenters. The normalized spacial score (nSPS) is 12.6. The molecule has 1 aromatic carbocycles. The Balaban J connectivity index is 3.37. The number of alkyl halides is 2. The molecule has 20 heavy (non-hydrogen) atoms. The van der Waals surface area contributed by atoms with Gasteiger partial charge in [-0.3, -0.25) is 4.99 Å². The van der Waals surface area contributed by atoms with Crippen LogP contribution >= 0.6 is 0 Å². The van der Waals surface area contributed by atoms with Crippen molar-refractivity contribution in [3.8, 4) is 0 Å². The van der Waals surface area contributed by atoms with E-state index in [1.807, 2.05) is 13.0 Å². The van der Waals surface area contributed by atoms with Crippen LogP contribution in [0.15, 0.2) is 23.3 Å². The van der Waals surface area contributed by atoms with E-state index in [0.29, 0.717) is 11.1 Å². The van der Waals surface area contributed by atoms with E-state index in [9.17, 15) is 8.78 Å². The Bertz CT molecular complexity index is 505. The molecule has 0 amide bonds. The molecule has 0 radical (unpaired) electrons. The third kappa shape index (κ3) is 3.89. The Morgan fingerprint density at radius 1 is 1.40 bits per heavy atom. The van der Waals surface area contributed by atoms with E-state index in [2.05, 4.69) is 11.9 Å². The lowest BCUT2D eigenvalue weighted by Crippen LogP contribution is -2.02. The smallest absolute Gasteiger partial charge is 0.264 e. The molecule has 110 valence electrons. The van der Waals surface area contributed by atoms with Gasteiger partial charge in [0.1, 0.15) is 0 Å². The predicted molar refractivity (Wildman–Crippen MR) is 81.3 cm³/mol. The minimum absolute atomic E-state index is 0.0133. The standard InChI is InChI=1S/C16H22F2N2/c1-4-5-6-12-8-14(13(9-19)10-20-3)15(16(17)18)7-11(12)2/h7-10,16H,4-6,19H2,1-3H3. The van der Waals surface area contributed by atoms with Gasteiger partial charge in [-0.25, -0.2) is 8.78 Å². The van der Waals surface area contributed by atoms with Crippen LogP contribution in [0.4, 0.5) is 8.78 Å². The van der Waals surface area contributed by atoms with Crippen molar-refractivity contribution in [2.45, 2.75) is 39.5 Å². The number of halogens is 2. The Morgan fingerprint density at radius 2 is 2.10 bits per heavy atom. The average Bonchev–Trinajstić information content (AvgIpc) is 2.43. The van der Waals surface area contributed by atoms with E-state index in [-0.39, 0.29) is 5.56 Å². The summed E-state index contributed by atoms with van der Waals surface area (Å²) in [6.07, 6.45) is 3.32. The number of aliphatic imine (C=N–C) groups is 1. The van der Waals surface area contributed by atoms with Crippen LogP contribution in [-0.4, -0.2) is 13.3 Å². The lowest BCUT2D eigenvalue weighted by molar-refractivity contribution is 0.151. The van der Waals surface area contributed by atoms with Crippen LogP contribution in [0.3, 0.4) is 0 Å². The van der Waals surface area contributed by atoms with Gasteiger partial charge in [0, 0.05) is 30.6 Å². The zero-order chi connectivity index (χ0) is 15.1. The van der Waals surface area contributed by atoms with Crippen LogP contribution in [0.25, 0.3) is 5.57 Å². The van der Waals surface area contributed by atoms with Crippen molar-refractivity contribution in [3.63, 3.8) is 0 Å². The average molecular weight is 280 g/mol. The molecule has 0 unspecified atom stereocenters. The van der Waals surface area contributed by atoms with Gasteiger partial charge >= 0.3 is 0 Å². The number of rotatable bonds is 6. The summed E-state index contributed by atoms with van der Waals surface area (Å²) < 4.78 is 26.4. The summed E-state index contributed by atoms with van der Waals surface area (Å²) in [6, 6.07) is 3.39. The summed E-state index contributed by atoms with van der Waals surface area (Å²) >= 11 is 0. The summed E-state index contributed by atoms with van der Waals surface area (Å²) in [4.78, 5) is 3.88. The second-order valence-corrected chi connectivity index (χ2v) is 4.78. The molecule has 0 aliphatic carbocycles. The Kier molecular flexibility index (Phi) is 6.36. The van der Waals surface area contributed by atoms with E-state index >= 15 is 0 Å². The number of hydrogen-bond acceptors (Lipinski definition) is 2. The number of nitrogens with two attached hydrogens (primary N) is 1. The van der Waals surface area contributed by atoms with Gasteiger partial charge in [-0.2, -0.15) is 0 Å². The molecule has 0 saturated carbocycles. The summed E-state index contributed by atoms with van der Waals surface area (Å²) in [7, 11) is 1.59. The summed E-state index contributed by atoms with van der Waals surface area (Å²) in [5, 5.41) is 0. The first-order valence-electron chi connectivity index (χ1n) is 6.81. The minimum Gasteiger partial charge on any atom is -0.404 e. The molecule has 0 saturated heterocycles. The molecular weight excluding hydrogens is 258 g/mol. The first-order chi connectivity index (χ1) is 9.54. The van der Waals surface area contributed by atoms with Crippen molar-refractivity contribution in [3.05, 3.63) is 40.6 Å². The van der Waals surface area contributed by atoms with Crippen molar-refractivity contribution < 1.29 is 8.78 Å². The number of allylic oxidation sites excluding steroid dienone is 1. The molecular formula is C16H22F2N2. The molecule has 1 aromatic rings. The zero-order valence-electron chi connectivity index (χ0n) is 12.3. The second kappa shape index (κ2) is 7.78. The maximum absolute atomic E-state index is 13.2. The van der Waals surface area contributed by atoms with Gasteiger partial charge in [0.15, 0.2) is 0 Å². The van der Waals surface area contributed by atoms with Crippen molar-refractivity contribution in [2.24, 2.45) is 10.7 Å². The summed E-state index contributed by atoms with van der Waals surface area (Å²) in [5.74, 6) is 0. The van der Waals surface area contributed by atoms with Gasteiger partial charge in [0.25, 0.3) is 6.43 Å². The molecule has 4 heteroatoms. The fourth-order valence-corrected chi connectivity index (χ4v) is 2.18. The Labute approximate surface area is 119 Å². The quantitative estimate of drug-likeness (QED) is 0.776. The molecule has 0 aromatic heterocycles. The minimum atomic E-state index is -2.52. The lowest BCUT2D eigenvalue weighted by atomic mass is 9.92. The maximum Gasteiger partial charge on any atom is 0.264 e. The molecule has 1 rings (SSSR count). The number of hydrogen-bond donors (Lipinski definition) is 1. The Morgan fingerprint density at radius 3 is 2.60 bits per heavy atom. The topological polar surface area (TPSA) is 38.4 Å². The molecule has 0 aliphatic rings. The van der Waals surface area contributed by atoms with E-state index in [1.165, 1.54) is 12.4 Å². The van der Waals surface area contributed by atoms with Crippen LogP contribution in [0, 0.1) is 6.92 Å². The first kappa shape index (κ1) is 16.3. The Hall–Kier alpha value is -1.71. The highest BCUT2D eigenvalue weighted by Gasteiger charge is 2.17. The number of aryl methyl sites for hydroxylation is 2. The third-order valence-corrected chi connectivity index (χ3v) is 3.30. The SMILES string of the molecule is CCCCc1cc(C(C=NC)=CN)c(C(F)F)cc1C. The summed E-state index contributed by atoms with van der Waals surface area (Å²) in [6.45, 7) is 3.99. The van der Waals surface area contributed by atoms with E-state index < -0.39 is 6.43 Å². The molecule has 0 heterocycles. The number of benzene rings is 1. The van der Waals surface area contributed by atoms with Crippen molar-refractivity contribution >= 4 is 11.8 Å².